The van der Waals surface area contributed by atoms with Gasteiger partial charge in [-0.25, -0.2) is 4.42 Å². The summed E-state index contributed by atoms with van der Waals surface area (Å²) < 4.78 is 5.94. The highest BCUT2D eigenvalue weighted by molar-refractivity contribution is 5.74. The van der Waals surface area contributed by atoms with Crippen molar-refractivity contribution in [1.29, 1.82) is 0 Å². The van der Waals surface area contributed by atoms with Crippen LogP contribution in [0.15, 0.2) is 6.07 Å². The Morgan fingerprint density at radius 1 is 1.12 bits per heavy atom. The zero-order valence-corrected chi connectivity index (χ0v) is 10.8. The average Bonchev–Trinajstić information content (AvgIpc) is 2.24. The highest BCUT2D eigenvalue weighted by atomic mass is 16.4. The Morgan fingerprint density at radius 3 is 2.50 bits per heavy atom. The Balaban J connectivity index is 2.63. The Hall–Kier alpha value is -1.11. The average molecular weight is 217 g/mol. The molecule has 0 spiro atoms. The molecule has 1 aliphatic carbocycles. The minimum atomic E-state index is 1.03. The maximum Gasteiger partial charge on any atom is 0.358 e. The lowest BCUT2D eigenvalue weighted by molar-refractivity contribution is -0.369. The van der Waals surface area contributed by atoms with Gasteiger partial charge in [0.25, 0.3) is 0 Å². The van der Waals surface area contributed by atoms with Crippen LogP contribution in [-0.4, -0.2) is 5.78 Å². The minimum absolute atomic E-state index is 1.03. The van der Waals surface area contributed by atoms with Crippen LogP contribution < -0.4 is 0 Å². The van der Waals surface area contributed by atoms with Crippen molar-refractivity contribution in [2.45, 2.75) is 53.4 Å². The highest BCUT2D eigenvalue weighted by Crippen LogP contribution is 2.34. The molecule has 0 heterocycles. The number of rotatable bonds is 1. The SMILES string of the molecule is CC(C)=[O+]c1c(C)c(C)cc2c1CCCC2. The van der Waals surface area contributed by atoms with Gasteiger partial charge >= 0.3 is 11.5 Å². The van der Waals surface area contributed by atoms with Crippen molar-refractivity contribution in [1.82, 2.24) is 0 Å². The van der Waals surface area contributed by atoms with E-state index in [4.69, 9.17) is 4.42 Å². The van der Waals surface area contributed by atoms with Gasteiger partial charge in [-0.2, -0.15) is 0 Å². The summed E-state index contributed by atoms with van der Waals surface area (Å²) in [5.74, 6) is 2.16. The Morgan fingerprint density at radius 2 is 1.81 bits per heavy atom. The van der Waals surface area contributed by atoms with E-state index in [1.807, 2.05) is 13.8 Å². The monoisotopic (exact) mass is 217 g/mol. The smallest absolute Gasteiger partial charge is 0.218 e. The van der Waals surface area contributed by atoms with Crippen LogP contribution in [0.2, 0.25) is 0 Å². The van der Waals surface area contributed by atoms with E-state index in [1.54, 1.807) is 0 Å². The van der Waals surface area contributed by atoms with Crippen molar-refractivity contribution in [3.63, 3.8) is 0 Å². The molecule has 0 N–H and O–H groups in total. The van der Waals surface area contributed by atoms with Crippen LogP contribution in [0, 0.1) is 13.8 Å². The summed E-state index contributed by atoms with van der Waals surface area (Å²) in [7, 11) is 0. The van der Waals surface area contributed by atoms with E-state index in [0.717, 1.165) is 11.5 Å². The van der Waals surface area contributed by atoms with Crippen LogP contribution in [0.4, 0.5) is 0 Å². The molecule has 1 aromatic rings. The molecule has 0 saturated heterocycles. The molecule has 2 rings (SSSR count). The van der Waals surface area contributed by atoms with Crippen molar-refractivity contribution in [2.75, 3.05) is 0 Å². The summed E-state index contributed by atoms with van der Waals surface area (Å²) in [6, 6.07) is 2.35. The molecule has 1 aliphatic rings. The first-order valence-corrected chi connectivity index (χ1v) is 6.19. The van der Waals surface area contributed by atoms with Crippen molar-refractivity contribution in [3.05, 3.63) is 28.3 Å². The van der Waals surface area contributed by atoms with E-state index in [2.05, 4.69) is 19.9 Å². The molecule has 0 fully saturated rings. The van der Waals surface area contributed by atoms with Crippen LogP contribution in [0.3, 0.4) is 0 Å². The Labute approximate surface area is 98.2 Å². The van der Waals surface area contributed by atoms with E-state index in [9.17, 15) is 0 Å². The number of ketones is 1. The van der Waals surface area contributed by atoms with E-state index in [0.29, 0.717) is 0 Å². The molecule has 0 aliphatic heterocycles. The van der Waals surface area contributed by atoms with Gasteiger partial charge in [-0.15, -0.1) is 0 Å². The third-order valence-corrected chi connectivity index (χ3v) is 3.41. The van der Waals surface area contributed by atoms with Crippen molar-refractivity contribution in [2.24, 2.45) is 0 Å². The van der Waals surface area contributed by atoms with Gasteiger partial charge in [0.1, 0.15) is 0 Å². The minimum Gasteiger partial charge on any atom is -0.218 e. The Kier molecular flexibility index (Phi) is 3.13. The molecule has 0 aromatic heterocycles. The molecule has 1 heteroatoms. The van der Waals surface area contributed by atoms with E-state index >= 15 is 0 Å². The van der Waals surface area contributed by atoms with Gasteiger partial charge in [-0.1, -0.05) is 6.07 Å². The molecule has 0 amide bonds. The second-order valence-electron chi connectivity index (χ2n) is 5.00. The third-order valence-electron chi connectivity index (χ3n) is 3.41. The summed E-state index contributed by atoms with van der Waals surface area (Å²) in [6.07, 6.45) is 5.02. The van der Waals surface area contributed by atoms with Gasteiger partial charge in [0, 0.05) is 13.8 Å². The summed E-state index contributed by atoms with van der Waals surface area (Å²) in [4.78, 5) is 0. The van der Waals surface area contributed by atoms with Crippen LogP contribution >= 0.6 is 0 Å². The number of hydrogen-bond acceptors (Lipinski definition) is 0. The van der Waals surface area contributed by atoms with Crippen molar-refractivity contribution < 1.29 is 4.42 Å². The molecule has 0 unspecified atom stereocenters. The summed E-state index contributed by atoms with van der Waals surface area (Å²) >= 11 is 0. The number of benzene rings is 1. The molecule has 0 saturated carbocycles. The predicted octanol–water partition coefficient (Wildman–Crippen LogP) is 4.04. The summed E-state index contributed by atoms with van der Waals surface area (Å²) in [5.41, 5.74) is 5.62. The Bertz CT molecular complexity index is 437. The fourth-order valence-corrected chi connectivity index (χ4v) is 2.46. The van der Waals surface area contributed by atoms with Gasteiger partial charge in [0.05, 0.1) is 11.1 Å². The molecule has 16 heavy (non-hydrogen) atoms. The number of aryl methyl sites for hydroxylation is 2. The first-order chi connectivity index (χ1) is 7.59. The van der Waals surface area contributed by atoms with Crippen molar-refractivity contribution in [3.8, 4) is 5.75 Å². The molecule has 1 nitrogen and oxygen atoms in total. The van der Waals surface area contributed by atoms with Gasteiger partial charge in [0.2, 0.25) is 0 Å². The van der Waals surface area contributed by atoms with Gasteiger partial charge in [0.15, 0.2) is 0 Å². The van der Waals surface area contributed by atoms with Crippen LogP contribution in [0.25, 0.3) is 0 Å². The van der Waals surface area contributed by atoms with E-state index in [1.165, 1.54) is 47.9 Å². The highest BCUT2D eigenvalue weighted by Gasteiger charge is 2.24. The number of carbonyl (C=O) groups excluding carboxylic acids is 1. The standard InChI is InChI=1S/C15H21O/c1-10(2)16-15-12(4)11(3)9-13-7-5-6-8-14(13)15/h9H,5-8H2,1-4H3/q+1. The zero-order chi connectivity index (χ0) is 11.7. The third kappa shape index (κ3) is 2.04. The predicted molar refractivity (Wildman–Crippen MR) is 68.4 cm³/mol. The van der Waals surface area contributed by atoms with Gasteiger partial charge in [-0.05, 0) is 50.7 Å². The van der Waals surface area contributed by atoms with E-state index in [-0.39, 0.29) is 0 Å². The molecular formula is C15H21O+. The quantitative estimate of drug-likeness (QED) is 0.629. The van der Waals surface area contributed by atoms with E-state index < -0.39 is 0 Å². The van der Waals surface area contributed by atoms with Crippen LogP contribution in [0.1, 0.15) is 48.9 Å². The molecule has 0 atom stereocenters. The largest absolute Gasteiger partial charge is 0.358 e. The molecule has 1 aromatic carbocycles. The molecule has 0 radical (unpaired) electrons. The number of fused-ring (bicyclic) bond motifs is 1. The molecular weight excluding hydrogens is 196 g/mol. The lowest BCUT2D eigenvalue weighted by Gasteiger charge is -2.16. The van der Waals surface area contributed by atoms with Gasteiger partial charge < -0.3 is 0 Å². The topological polar surface area (TPSA) is 11.3 Å². The molecule has 0 bridgehead atoms. The van der Waals surface area contributed by atoms with Crippen LogP contribution in [0.5, 0.6) is 5.75 Å². The lowest BCUT2D eigenvalue weighted by Crippen LogP contribution is -2.06. The number of hydrogen-bond donors (Lipinski definition) is 0. The zero-order valence-electron chi connectivity index (χ0n) is 10.8. The molecule has 86 valence electrons. The van der Waals surface area contributed by atoms with Crippen LogP contribution in [-0.2, 0) is 17.3 Å². The second-order valence-corrected chi connectivity index (χ2v) is 5.00. The normalized spacial score (nSPS) is 14.5. The summed E-state index contributed by atoms with van der Waals surface area (Å²) in [5, 5.41) is 0. The lowest BCUT2D eigenvalue weighted by atomic mass is 9.87. The fourth-order valence-electron chi connectivity index (χ4n) is 2.46. The maximum absolute atomic E-state index is 5.94. The van der Waals surface area contributed by atoms with Crippen molar-refractivity contribution >= 4 is 5.78 Å². The first-order valence-electron chi connectivity index (χ1n) is 6.19. The fraction of sp³-hybridized carbons (Fsp3) is 0.533. The summed E-state index contributed by atoms with van der Waals surface area (Å²) in [6.45, 7) is 8.40. The van der Waals surface area contributed by atoms with Gasteiger partial charge in [-0.3, -0.25) is 0 Å². The first kappa shape index (κ1) is 11.4. The second kappa shape index (κ2) is 4.40. The maximum atomic E-state index is 5.94.